The number of carbonyl (C=O) groups is 2. The Balaban J connectivity index is 1.62. The summed E-state index contributed by atoms with van der Waals surface area (Å²) in [5, 5.41) is 4.47. The van der Waals surface area contributed by atoms with E-state index in [1.165, 1.54) is 6.21 Å². The van der Waals surface area contributed by atoms with E-state index >= 15 is 0 Å². The molecule has 3 rings (SSSR count). The number of ether oxygens (including phenoxy) is 1. The summed E-state index contributed by atoms with van der Waals surface area (Å²) in [7, 11) is 0. The molecule has 0 fully saturated rings. The highest BCUT2D eigenvalue weighted by Crippen LogP contribution is 2.16. The summed E-state index contributed by atoms with van der Waals surface area (Å²) in [5.74, 6) is -0.427. The second-order valence-electron chi connectivity index (χ2n) is 5.53. The minimum absolute atomic E-state index is 0.308. The molecule has 134 valence electrons. The van der Waals surface area contributed by atoms with Crippen molar-refractivity contribution in [3.05, 3.63) is 101 Å². The smallest absolute Gasteiger partial charge is 0.343 e. The van der Waals surface area contributed by atoms with Gasteiger partial charge in [-0.2, -0.15) is 5.10 Å². The molecule has 0 heterocycles. The second kappa shape index (κ2) is 8.78. The molecule has 0 aliphatic rings. The minimum Gasteiger partial charge on any atom is -0.423 e. The lowest BCUT2D eigenvalue weighted by Gasteiger charge is -2.05. The third-order valence-corrected chi connectivity index (χ3v) is 3.82. The van der Waals surface area contributed by atoms with Gasteiger partial charge in [-0.25, -0.2) is 10.2 Å². The average Bonchev–Trinajstić information content (AvgIpc) is 2.69. The number of hydrazone groups is 1. The molecule has 0 spiro atoms. The predicted molar refractivity (Wildman–Crippen MR) is 104 cm³/mol. The molecule has 0 atom stereocenters. The average molecular weight is 379 g/mol. The van der Waals surface area contributed by atoms with Crippen molar-refractivity contribution in [3.63, 3.8) is 0 Å². The Morgan fingerprint density at radius 2 is 1.63 bits per heavy atom. The van der Waals surface area contributed by atoms with Gasteiger partial charge in [-0.15, -0.1) is 0 Å². The van der Waals surface area contributed by atoms with Gasteiger partial charge >= 0.3 is 5.97 Å². The Bertz CT molecular complexity index is 970. The summed E-state index contributed by atoms with van der Waals surface area (Å²) in [6.07, 6.45) is 1.47. The lowest BCUT2D eigenvalue weighted by Crippen LogP contribution is -2.17. The van der Waals surface area contributed by atoms with Crippen molar-refractivity contribution in [2.75, 3.05) is 0 Å². The monoisotopic (exact) mass is 378 g/mol. The van der Waals surface area contributed by atoms with Gasteiger partial charge in [0.05, 0.1) is 11.8 Å². The fourth-order valence-electron chi connectivity index (χ4n) is 2.23. The Morgan fingerprint density at radius 1 is 0.889 bits per heavy atom. The summed E-state index contributed by atoms with van der Waals surface area (Å²) in [5.41, 5.74) is 4.03. The maximum absolute atomic E-state index is 12.1. The van der Waals surface area contributed by atoms with Crippen LogP contribution in [-0.4, -0.2) is 18.1 Å². The zero-order valence-electron chi connectivity index (χ0n) is 14.1. The molecule has 0 saturated heterocycles. The normalized spacial score (nSPS) is 10.6. The summed E-state index contributed by atoms with van der Waals surface area (Å²) in [6.45, 7) is 0. The SMILES string of the molecule is O=C(N/N=C\c1cccc(OC(=O)c2ccc(Cl)cc2)c1)c1ccccc1. The quantitative estimate of drug-likeness (QED) is 0.311. The van der Waals surface area contributed by atoms with Crippen LogP contribution in [0.2, 0.25) is 5.02 Å². The molecule has 3 aromatic rings. The van der Waals surface area contributed by atoms with Gasteiger partial charge in [0.15, 0.2) is 0 Å². The first-order valence-corrected chi connectivity index (χ1v) is 8.46. The molecule has 0 saturated carbocycles. The molecule has 3 aromatic carbocycles. The van der Waals surface area contributed by atoms with Gasteiger partial charge in [-0.1, -0.05) is 41.9 Å². The molecule has 1 amide bonds. The van der Waals surface area contributed by atoms with E-state index in [9.17, 15) is 9.59 Å². The van der Waals surface area contributed by atoms with Crippen LogP contribution in [-0.2, 0) is 0 Å². The Kier molecular flexibility index (Phi) is 5.97. The van der Waals surface area contributed by atoms with E-state index in [2.05, 4.69) is 10.5 Å². The number of hydrogen-bond acceptors (Lipinski definition) is 4. The van der Waals surface area contributed by atoms with Crippen molar-refractivity contribution in [1.82, 2.24) is 5.43 Å². The van der Waals surface area contributed by atoms with Crippen LogP contribution in [0.3, 0.4) is 0 Å². The maximum Gasteiger partial charge on any atom is 0.343 e. The molecular weight excluding hydrogens is 364 g/mol. The molecule has 1 N–H and O–H groups in total. The van der Waals surface area contributed by atoms with Crippen molar-refractivity contribution < 1.29 is 14.3 Å². The topological polar surface area (TPSA) is 67.8 Å². The van der Waals surface area contributed by atoms with Gasteiger partial charge < -0.3 is 4.74 Å². The summed E-state index contributed by atoms with van der Waals surface area (Å²) in [4.78, 5) is 24.1. The van der Waals surface area contributed by atoms with Crippen LogP contribution in [0.25, 0.3) is 0 Å². The highest BCUT2D eigenvalue weighted by molar-refractivity contribution is 6.30. The largest absolute Gasteiger partial charge is 0.423 e. The van der Waals surface area contributed by atoms with Crippen LogP contribution in [0.15, 0.2) is 84.0 Å². The standard InChI is InChI=1S/C21H15ClN2O3/c22-18-11-9-17(10-12-18)21(26)27-19-8-4-5-15(13-19)14-23-24-20(25)16-6-2-1-3-7-16/h1-14H,(H,24,25)/b23-14-. The Morgan fingerprint density at radius 3 is 2.37 bits per heavy atom. The lowest BCUT2D eigenvalue weighted by molar-refractivity contribution is 0.0734. The zero-order chi connectivity index (χ0) is 19.1. The van der Waals surface area contributed by atoms with Gasteiger partial charge in [0.1, 0.15) is 5.75 Å². The minimum atomic E-state index is -0.488. The first-order valence-electron chi connectivity index (χ1n) is 8.08. The Labute approximate surface area is 161 Å². The lowest BCUT2D eigenvalue weighted by atomic mass is 10.2. The van der Waals surface area contributed by atoms with E-state index in [0.717, 1.165) is 0 Å². The van der Waals surface area contributed by atoms with Crippen LogP contribution < -0.4 is 10.2 Å². The maximum atomic E-state index is 12.1. The number of nitrogens with zero attached hydrogens (tertiary/aromatic N) is 1. The van der Waals surface area contributed by atoms with Gasteiger partial charge in [0.2, 0.25) is 0 Å². The number of nitrogens with one attached hydrogen (secondary N) is 1. The van der Waals surface area contributed by atoms with Crippen LogP contribution in [0.5, 0.6) is 5.75 Å². The highest BCUT2D eigenvalue weighted by Gasteiger charge is 2.08. The molecular formula is C21H15ClN2O3. The Hall–Kier alpha value is -3.44. The van der Waals surface area contributed by atoms with Gasteiger partial charge in [0.25, 0.3) is 5.91 Å². The molecule has 0 bridgehead atoms. The number of halogens is 1. The highest BCUT2D eigenvalue weighted by atomic mass is 35.5. The van der Waals surface area contributed by atoms with Crippen molar-refractivity contribution in [2.45, 2.75) is 0 Å². The van der Waals surface area contributed by atoms with E-state index in [0.29, 0.717) is 27.5 Å². The summed E-state index contributed by atoms with van der Waals surface area (Å²) >= 11 is 5.81. The van der Waals surface area contributed by atoms with Gasteiger partial charge in [-0.3, -0.25) is 4.79 Å². The third-order valence-electron chi connectivity index (χ3n) is 3.56. The number of amides is 1. The van der Waals surface area contributed by atoms with E-state index in [4.69, 9.17) is 16.3 Å². The molecule has 0 aromatic heterocycles. The molecule has 6 heteroatoms. The van der Waals surface area contributed by atoms with Crippen molar-refractivity contribution in [3.8, 4) is 5.75 Å². The van der Waals surface area contributed by atoms with E-state index < -0.39 is 5.97 Å². The predicted octanol–water partition coefficient (Wildman–Crippen LogP) is 4.32. The molecule has 27 heavy (non-hydrogen) atoms. The van der Waals surface area contributed by atoms with Crippen LogP contribution in [0, 0.1) is 0 Å². The first kappa shape index (κ1) is 18.4. The summed E-state index contributed by atoms with van der Waals surface area (Å²) in [6, 6.07) is 22.0. The van der Waals surface area contributed by atoms with Crippen molar-refractivity contribution in [2.24, 2.45) is 5.10 Å². The number of hydrogen-bond donors (Lipinski definition) is 1. The van der Waals surface area contributed by atoms with Crippen LogP contribution in [0.4, 0.5) is 0 Å². The van der Waals surface area contributed by atoms with Crippen molar-refractivity contribution in [1.29, 1.82) is 0 Å². The van der Waals surface area contributed by atoms with Gasteiger partial charge in [-0.05, 0) is 54.1 Å². The molecule has 0 aliphatic heterocycles. The third kappa shape index (κ3) is 5.26. The van der Waals surface area contributed by atoms with E-state index in [1.54, 1.807) is 72.8 Å². The molecule has 5 nitrogen and oxygen atoms in total. The number of rotatable bonds is 5. The summed E-state index contributed by atoms with van der Waals surface area (Å²) < 4.78 is 5.35. The molecule has 0 aliphatic carbocycles. The number of esters is 1. The van der Waals surface area contributed by atoms with Crippen molar-refractivity contribution >= 4 is 29.7 Å². The first-order chi connectivity index (χ1) is 13.1. The second-order valence-corrected chi connectivity index (χ2v) is 5.97. The molecule has 0 unspecified atom stereocenters. The fourth-order valence-corrected chi connectivity index (χ4v) is 2.36. The van der Waals surface area contributed by atoms with Gasteiger partial charge in [0, 0.05) is 10.6 Å². The van der Waals surface area contributed by atoms with E-state index in [1.807, 2.05) is 6.07 Å². The van der Waals surface area contributed by atoms with E-state index in [-0.39, 0.29) is 5.91 Å². The number of benzene rings is 3. The van der Waals surface area contributed by atoms with Crippen LogP contribution in [0.1, 0.15) is 26.3 Å². The number of carbonyl (C=O) groups excluding carboxylic acids is 2. The van der Waals surface area contributed by atoms with Crippen LogP contribution >= 0.6 is 11.6 Å². The zero-order valence-corrected chi connectivity index (χ0v) is 14.9. The molecule has 0 radical (unpaired) electrons. The fraction of sp³-hybridized carbons (Fsp3) is 0.